The van der Waals surface area contributed by atoms with E-state index < -0.39 is 0 Å². The van der Waals surface area contributed by atoms with Gasteiger partial charge in [-0.2, -0.15) is 0 Å². The molecule has 98 valence electrons. The monoisotopic (exact) mass is 312 g/mol. The van der Waals surface area contributed by atoms with Crippen LogP contribution in [0.25, 0.3) is 11.1 Å². The van der Waals surface area contributed by atoms with Gasteiger partial charge in [-0.15, -0.1) is 0 Å². The predicted octanol–water partition coefficient (Wildman–Crippen LogP) is 5.06. The van der Waals surface area contributed by atoms with Crippen LogP contribution in [0.3, 0.4) is 0 Å². The van der Waals surface area contributed by atoms with E-state index in [0.29, 0.717) is 32.6 Å². The van der Waals surface area contributed by atoms with Gasteiger partial charge in [0.05, 0.1) is 5.56 Å². The summed E-state index contributed by atoms with van der Waals surface area (Å²) in [6, 6.07) is 7.39. The van der Waals surface area contributed by atoms with Gasteiger partial charge in [0.2, 0.25) is 0 Å². The maximum absolute atomic E-state index is 6.25. The van der Waals surface area contributed by atoms with Gasteiger partial charge < -0.3 is 0 Å². The maximum atomic E-state index is 6.25. The van der Waals surface area contributed by atoms with E-state index in [1.807, 2.05) is 18.2 Å². The van der Waals surface area contributed by atoms with Crippen LogP contribution < -0.4 is 0 Å². The molecule has 0 N–H and O–H groups in total. The number of aromatic nitrogens is 2. The van der Waals surface area contributed by atoms with E-state index in [9.17, 15) is 0 Å². The van der Waals surface area contributed by atoms with Gasteiger partial charge in [0.15, 0.2) is 0 Å². The SMILES string of the molecule is Clc1ccccc1-c1c(Cl)nc(CC2CC2)nc1Cl. The molecule has 5 heteroatoms. The molecule has 2 nitrogen and oxygen atoms in total. The van der Waals surface area contributed by atoms with Crippen molar-refractivity contribution in [3.8, 4) is 11.1 Å². The first kappa shape index (κ1) is 13.2. The van der Waals surface area contributed by atoms with Gasteiger partial charge in [0.1, 0.15) is 16.1 Å². The summed E-state index contributed by atoms with van der Waals surface area (Å²) in [6.07, 6.45) is 3.33. The lowest BCUT2D eigenvalue weighted by Crippen LogP contribution is -2.00. The minimum absolute atomic E-state index is 0.365. The molecule has 0 atom stereocenters. The minimum atomic E-state index is 0.365. The van der Waals surface area contributed by atoms with Gasteiger partial charge in [0, 0.05) is 17.0 Å². The number of nitrogens with zero attached hydrogens (tertiary/aromatic N) is 2. The van der Waals surface area contributed by atoms with E-state index >= 15 is 0 Å². The molecule has 0 saturated heterocycles. The summed E-state index contributed by atoms with van der Waals surface area (Å²) >= 11 is 18.7. The van der Waals surface area contributed by atoms with Crippen LogP contribution in [0.4, 0.5) is 0 Å². The molecule has 0 unspecified atom stereocenters. The fraction of sp³-hybridized carbons (Fsp3) is 0.286. The third kappa shape index (κ3) is 2.86. The first-order valence-electron chi connectivity index (χ1n) is 6.12. The topological polar surface area (TPSA) is 25.8 Å². The van der Waals surface area contributed by atoms with Crippen LogP contribution in [-0.4, -0.2) is 9.97 Å². The van der Waals surface area contributed by atoms with Crippen molar-refractivity contribution in [2.24, 2.45) is 5.92 Å². The highest BCUT2D eigenvalue weighted by Crippen LogP contribution is 2.38. The average molecular weight is 314 g/mol. The molecule has 1 aromatic heterocycles. The van der Waals surface area contributed by atoms with E-state index in [2.05, 4.69) is 9.97 Å². The molecule has 1 aromatic carbocycles. The third-order valence-electron chi connectivity index (χ3n) is 3.18. The zero-order valence-electron chi connectivity index (χ0n) is 10.0. The Bertz CT molecular complexity index is 601. The molecule has 2 aromatic rings. The van der Waals surface area contributed by atoms with Gasteiger partial charge in [0.25, 0.3) is 0 Å². The molecule has 1 heterocycles. The van der Waals surface area contributed by atoms with Crippen molar-refractivity contribution < 1.29 is 0 Å². The Morgan fingerprint density at radius 1 is 1.00 bits per heavy atom. The van der Waals surface area contributed by atoms with Crippen LogP contribution in [0.2, 0.25) is 15.3 Å². The summed E-state index contributed by atoms with van der Waals surface area (Å²) in [6.45, 7) is 0. The summed E-state index contributed by atoms with van der Waals surface area (Å²) in [5.74, 6) is 1.41. The van der Waals surface area contributed by atoms with Crippen molar-refractivity contribution in [3.05, 3.63) is 45.4 Å². The van der Waals surface area contributed by atoms with Gasteiger partial charge in [-0.3, -0.25) is 0 Å². The number of halogens is 3. The van der Waals surface area contributed by atoms with E-state index in [4.69, 9.17) is 34.8 Å². The number of rotatable bonds is 3. The molecule has 1 aliphatic carbocycles. The Morgan fingerprint density at radius 3 is 2.21 bits per heavy atom. The number of hydrogen-bond donors (Lipinski definition) is 0. The van der Waals surface area contributed by atoms with Gasteiger partial charge in [-0.05, 0) is 24.8 Å². The second kappa shape index (κ2) is 5.28. The molecule has 3 rings (SSSR count). The molecule has 0 spiro atoms. The van der Waals surface area contributed by atoms with Gasteiger partial charge >= 0.3 is 0 Å². The van der Waals surface area contributed by atoms with E-state index in [1.54, 1.807) is 6.07 Å². The summed E-state index contributed by atoms with van der Waals surface area (Å²) in [5.41, 5.74) is 1.37. The third-order valence-corrected chi connectivity index (χ3v) is 4.05. The molecule has 1 fully saturated rings. The van der Waals surface area contributed by atoms with Crippen molar-refractivity contribution in [3.63, 3.8) is 0 Å². The van der Waals surface area contributed by atoms with Crippen molar-refractivity contribution in [1.29, 1.82) is 0 Å². The fourth-order valence-electron chi connectivity index (χ4n) is 2.01. The average Bonchev–Trinajstić information content (AvgIpc) is 3.14. The molecule has 0 amide bonds. The van der Waals surface area contributed by atoms with E-state index in [-0.39, 0.29) is 0 Å². The first-order chi connectivity index (χ1) is 9.15. The smallest absolute Gasteiger partial charge is 0.142 e. The summed E-state index contributed by atoms with van der Waals surface area (Å²) in [7, 11) is 0. The van der Waals surface area contributed by atoms with Crippen LogP contribution in [0.15, 0.2) is 24.3 Å². The Morgan fingerprint density at radius 2 is 1.63 bits per heavy atom. The maximum Gasteiger partial charge on any atom is 0.142 e. The van der Waals surface area contributed by atoms with Crippen LogP contribution >= 0.6 is 34.8 Å². The highest BCUT2D eigenvalue weighted by molar-refractivity contribution is 6.40. The molecular formula is C14H11Cl3N2. The normalized spacial score (nSPS) is 14.7. The Labute approximate surface area is 126 Å². The van der Waals surface area contributed by atoms with Crippen molar-refractivity contribution >= 4 is 34.8 Å². The lowest BCUT2D eigenvalue weighted by atomic mass is 10.1. The lowest BCUT2D eigenvalue weighted by molar-refractivity contribution is 0.770. The Kier molecular flexibility index (Phi) is 3.66. The second-order valence-corrected chi connectivity index (χ2v) is 5.85. The molecule has 0 bridgehead atoms. The quantitative estimate of drug-likeness (QED) is 0.740. The largest absolute Gasteiger partial charge is 0.220 e. The lowest BCUT2D eigenvalue weighted by Gasteiger charge is -2.09. The van der Waals surface area contributed by atoms with Crippen LogP contribution in [-0.2, 0) is 6.42 Å². The van der Waals surface area contributed by atoms with Crippen molar-refractivity contribution in [1.82, 2.24) is 9.97 Å². The zero-order chi connectivity index (χ0) is 13.4. The Balaban J connectivity index is 2.04. The van der Waals surface area contributed by atoms with Crippen LogP contribution in [0.1, 0.15) is 18.7 Å². The van der Waals surface area contributed by atoms with Gasteiger partial charge in [-0.25, -0.2) is 9.97 Å². The molecule has 0 aliphatic heterocycles. The minimum Gasteiger partial charge on any atom is -0.220 e. The van der Waals surface area contributed by atoms with Crippen molar-refractivity contribution in [2.45, 2.75) is 19.3 Å². The van der Waals surface area contributed by atoms with Crippen LogP contribution in [0.5, 0.6) is 0 Å². The summed E-state index contributed by atoms with van der Waals surface area (Å²) in [5, 5.41) is 1.32. The summed E-state index contributed by atoms with van der Waals surface area (Å²) in [4.78, 5) is 8.69. The molecular weight excluding hydrogens is 303 g/mol. The molecule has 0 radical (unpaired) electrons. The van der Waals surface area contributed by atoms with E-state index in [1.165, 1.54) is 12.8 Å². The number of hydrogen-bond acceptors (Lipinski definition) is 2. The molecule has 19 heavy (non-hydrogen) atoms. The Hall–Kier alpha value is -0.830. The molecule has 1 aliphatic rings. The second-order valence-electron chi connectivity index (χ2n) is 4.72. The zero-order valence-corrected chi connectivity index (χ0v) is 12.3. The number of benzene rings is 1. The van der Waals surface area contributed by atoms with Gasteiger partial charge in [-0.1, -0.05) is 53.0 Å². The highest BCUT2D eigenvalue weighted by atomic mass is 35.5. The highest BCUT2D eigenvalue weighted by Gasteiger charge is 2.24. The first-order valence-corrected chi connectivity index (χ1v) is 7.25. The standard InChI is InChI=1S/C14H11Cl3N2/c15-10-4-2-1-3-9(10)12-13(16)18-11(19-14(12)17)7-8-5-6-8/h1-4,8H,5-7H2. The fourth-order valence-corrected chi connectivity index (χ4v) is 2.86. The van der Waals surface area contributed by atoms with Crippen molar-refractivity contribution in [2.75, 3.05) is 0 Å². The van der Waals surface area contributed by atoms with Crippen LogP contribution in [0, 0.1) is 5.92 Å². The summed E-state index contributed by atoms with van der Waals surface area (Å²) < 4.78 is 0. The molecule has 1 saturated carbocycles. The van der Waals surface area contributed by atoms with E-state index in [0.717, 1.165) is 12.0 Å². The predicted molar refractivity (Wildman–Crippen MR) is 78.9 cm³/mol.